The van der Waals surface area contributed by atoms with Gasteiger partial charge in [0.2, 0.25) is 0 Å². The number of para-hydroxylation sites is 2. The Morgan fingerprint density at radius 2 is 2.12 bits per heavy atom. The molecule has 1 heterocycles. The minimum atomic E-state index is 0.00494. The normalized spacial score (nSPS) is 10.2. The number of nitrogens with one attached hydrogen (secondary N) is 1. The SMILES string of the molecule is CC(=O)c1sc(Nc2ccccc2O)nc1C. The van der Waals surface area contributed by atoms with Gasteiger partial charge in [-0.2, -0.15) is 0 Å². The third-order valence-corrected chi connectivity index (χ3v) is 3.44. The van der Waals surface area contributed by atoms with Gasteiger partial charge in [-0.3, -0.25) is 4.79 Å². The Kier molecular flexibility index (Phi) is 3.10. The number of aromatic hydroxyl groups is 1. The van der Waals surface area contributed by atoms with Gasteiger partial charge in [-0.25, -0.2) is 4.98 Å². The topological polar surface area (TPSA) is 62.2 Å². The van der Waals surface area contributed by atoms with Crippen molar-refractivity contribution in [1.82, 2.24) is 4.98 Å². The van der Waals surface area contributed by atoms with Gasteiger partial charge in [-0.1, -0.05) is 23.5 Å². The first-order valence-electron chi connectivity index (χ1n) is 5.11. The molecule has 0 amide bonds. The van der Waals surface area contributed by atoms with Crippen LogP contribution in [-0.4, -0.2) is 15.9 Å². The lowest BCUT2D eigenvalue weighted by atomic mass is 10.3. The minimum Gasteiger partial charge on any atom is -0.506 e. The predicted octanol–water partition coefficient (Wildman–Crippen LogP) is 3.10. The van der Waals surface area contributed by atoms with E-state index >= 15 is 0 Å². The molecule has 2 N–H and O–H groups in total. The van der Waals surface area contributed by atoms with E-state index in [1.54, 1.807) is 25.1 Å². The maximum Gasteiger partial charge on any atom is 0.188 e. The average Bonchev–Trinajstić information content (AvgIpc) is 2.63. The Morgan fingerprint density at radius 1 is 1.41 bits per heavy atom. The number of aromatic nitrogens is 1. The van der Waals surface area contributed by atoms with Crippen LogP contribution in [0.1, 0.15) is 22.3 Å². The number of hydrogen-bond acceptors (Lipinski definition) is 5. The number of phenolic OH excluding ortho intramolecular Hbond substituents is 1. The summed E-state index contributed by atoms with van der Waals surface area (Å²) in [5, 5.41) is 13.2. The lowest BCUT2D eigenvalue weighted by Gasteiger charge is -2.03. The number of phenols is 1. The molecule has 88 valence electrons. The molecule has 0 saturated carbocycles. The molecule has 2 aromatic rings. The molecule has 1 aromatic heterocycles. The first kappa shape index (κ1) is 11.6. The van der Waals surface area contributed by atoms with Crippen molar-refractivity contribution >= 4 is 27.9 Å². The summed E-state index contributed by atoms with van der Waals surface area (Å²) in [5.74, 6) is 0.162. The maximum atomic E-state index is 11.3. The van der Waals surface area contributed by atoms with Gasteiger partial charge in [0.1, 0.15) is 5.75 Å². The Balaban J connectivity index is 2.28. The molecule has 0 atom stereocenters. The van der Waals surface area contributed by atoms with Gasteiger partial charge in [0.15, 0.2) is 10.9 Å². The second kappa shape index (κ2) is 4.55. The Labute approximate surface area is 103 Å². The van der Waals surface area contributed by atoms with Crippen LogP contribution < -0.4 is 5.32 Å². The van der Waals surface area contributed by atoms with Gasteiger partial charge < -0.3 is 10.4 Å². The fourth-order valence-electron chi connectivity index (χ4n) is 1.47. The summed E-state index contributed by atoms with van der Waals surface area (Å²) >= 11 is 1.29. The maximum absolute atomic E-state index is 11.3. The molecule has 1 aromatic carbocycles. The van der Waals surface area contributed by atoms with E-state index in [2.05, 4.69) is 10.3 Å². The van der Waals surface area contributed by atoms with Crippen LogP contribution in [-0.2, 0) is 0 Å². The highest BCUT2D eigenvalue weighted by Crippen LogP contribution is 2.30. The van der Waals surface area contributed by atoms with Crippen LogP contribution in [0, 0.1) is 6.92 Å². The fraction of sp³-hybridized carbons (Fsp3) is 0.167. The summed E-state index contributed by atoms with van der Waals surface area (Å²) in [7, 11) is 0. The van der Waals surface area contributed by atoms with Crippen molar-refractivity contribution in [2.75, 3.05) is 5.32 Å². The smallest absolute Gasteiger partial charge is 0.188 e. The van der Waals surface area contributed by atoms with Crippen LogP contribution in [0.25, 0.3) is 0 Å². The quantitative estimate of drug-likeness (QED) is 0.647. The number of rotatable bonds is 3. The zero-order valence-electron chi connectivity index (χ0n) is 9.52. The van der Waals surface area contributed by atoms with E-state index in [1.165, 1.54) is 18.3 Å². The number of nitrogens with zero attached hydrogens (tertiary/aromatic N) is 1. The molecule has 5 heteroatoms. The van der Waals surface area contributed by atoms with Gasteiger partial charge in [-0.15, -0.1) is 0 Å². The zero-order valence-corrected chi connectivity index (χ0v) is 10.3. The third-order valence-electron chi connectivity index (χ3n) is 2.26. The van der Waals surface area contributed by atoms with Crippen LogP contribution in [0.4, 0.5) is 10.8 Å². The van der Waals surface area contributed by atoms with Crippen molar-refractivity contribution in [3.63, 3.8) is 0 Å². The van der Waals surface area contributed by atoms with Crippen LogP contribution >= 0.6 is 11.3 Å². The number of ketones is 1. The van der Waals surface area contributed by atoms with Gasteiger partial charge in [0, 0.05) is 6.92 Å². The molecular weight excluding hydrogens is 236 g/mol. The highest BCUT2D eigenvalue weighted by atomic mass is 32.1. The van der Waals surface area contributed by atoms with Gasteiger partial charge in [-0.05, 0) is 19.1 Å². The Morgan fingerprint density at radius 3 is 2.71 bits per heavy atom. The monoisotopic (exact) mass is 248 g/mol. The molecule has 0 unspecified atom stereocenters. The first-order chi connectivity index (χ1) is 8.08. The van der Waals surface area contributed by atoms with Crippen molar-refractivity contribution in [2.45, 2.75) is 13.8 Å². The van der Waals surface area contributed by atoms with E-state index < -0.39 is 0 Å². The fourth-order valence-corrected chi connectivity index (χ4v) is 2.35. The van der Waals surface area contributed by atoms with Crippen molar-refractivity contribution in [3.8, 4) is 5.75 Å². The summed E-state index contributed by atoms with van der Waals surface area (Å²) in [5.41, 5.74) is 1.29. The molecule has 4 nitrogen and oxygen atoms in total. The second-order valence-corrected chi connectivity index (χ2v) is 4.63. The van der Waals surface area contributed by atoms with E-state index in [0.29, 0.717) is 21.4 Å². The van der Waals surface area contributed by atoms with Gasteiger partial charge in [0.05, 0.1) is 16.3 Å². The minimum absolute atomic E-state index is 0.00494. The molecule has 0 radical (unpaired) electrons. The number of carbonyl (C=O) groups is 1. The number of anilines is 2. The summed E-state index contributed by atoms with van der Waals surface area (Å²) in [6.45, 7) is 3.31. The number of thiazole rings is 1. The molecule has 0 aliphatic carbocycles. The molecule has 0 aliphatic heterocycles. The van der Waals surface area contributed by atoms with E-state index in [1.807, 2.05) is 6.07 Å². The molecule has 0 saturated heterocycles. The Hall–Kier alpha value is -1.88. The van der Waals surface area contributed by atoms with Crippen LogP contribution in [0.15, 0.2) is 24.3 Å². The highest BCUT2D eigenvalue weighted by Gasteiger charge is 2.12. The van der Waals surface area contributed by atoms with Crippen LogP contribution in [0.5, 0.6) is 5.75 Å². The first-order valence-corrected chi connectivity index (χ1v) is 5.93. The lowest BCUT2D eigenvalue weighted by molar-refractivity contribution is 0.102. The van der Waals surface area contributed by atoms with Crippen molar-refractivity contribution in [1.29, 1.82) is 0 Å². The summed E-state index contributed by atoms with van der Waals surface area (Å²) in [6.07, 6.45) is 0. The van der Waals surface area contributed by atoms with Crippen molar-refractivity contribution < 1.29 is 9.90 Å². The molecule has 17 heavy (non-hydrogen) atoms. The second-order valence-electron chi connectivity index (χ2n) is 3.63. The number of Topliss-reactive ketones (excluding diaryl/α,β-unsaturated/α-hetero) is 1. The van der Waals surface area contributed by atoms with Crippen LogP contribution in [0.2, 0.25) is 0 Å². The van der Waals surface area contributed by atoms with E-state index in [9.17, 15) is 9.90 Å². The molecule has 0 aliphatic rings. The number of benzene rings is 1. The van der Waals surface area contributed by atoms with Gasteiger partial charge in [0.25, 0.3) is 0 Å². The molecule has 0 bridgehead atoms. The third kappa shape index (κ3) is 2.45. The zero-order chi connectivity index (χ0) is 12.4. The molecule has 2 rings (SSSR count). The summed E-state index contributed by atoms with van der Waals surface area (Å²) in [6, 6.07) is 6.90. The average molecular weight is 248 g/mol. The lowest BCUT2D eigenvalue weighted by Crippen LogP contribution is -1.90. The number of hydrogen-bond donors (Lipinski definition) is 2. The molecular formula is C12H12N2O2S. The summed E-state index contributed by atoms with van der Waals surface area (Å²) in [4.78, 5) is 16.2. The van der Waals surface area contributed by atoms with Crippen molar-refractivity contribution in [2.24, 2.45) is 0 Å². The molecule has 0 spiro atoms. The number of carbonyl (C=O) groups excluding carboxylic acids is 1. The summed E-state index contributed by atoms with van der Waals surface area (Å²) < 4.78 is 0. The highest BCUT2D eigenvalue weighted by molar-refractivity contribution is 7.17. The van der Waals surface area contributed by atoms with Crippen LogP contribution in [0.3, 0.4) is 0 Å². The van der Waals surface area contributed by atoms with E-state index in [-0.39, 0.29) is 11.5 Å². The largest absolute Gasteiger partial charge is 0.506 e. The predicted molar refractivity (Wildman–Crippen MR) is 68.2 cm³/mol. The van der Waals surface area contributed by atoms with E-state index in [0.717, 1.165) is 0 Å². The van der Waals surface area contributed by atoms with Gasteiger partial charge >= 0.3 is 0 Å². The van der Waals surface area contributed by atoms with Crippen molar-refractivity contribution in [3.05, 3.63) is 34.8 Å². The standard InChI is InChI=1S/C12H12N2O2S/c1-7-11(8(2)15)17-12(13-7)14-9-5-3-4-6-10(9)16/h3-6,16H,1-2H3,(H,13,14). The Bertz CT molecular complexity index is 563. The van der Waals surface area contributed by atoms with E-state index in [4.69, 9.17) is 0 Å². The molecule has 0 fully saturated rings. The number of aryl methyl sites for hydroxylation is 1.